The molecule has 0 atom stereocenters. The van der Waals surface area contributed by atoms with Gasteiger partial charge in [-0.05, 0) is 37.3 Å². The van der Waals surface area contributed by atoms with Gasteiger partial charge in [-0.2, -0.15) is 0 Å². The van der Waals surface area contributed by atoms with Gasteiger partial charge in [0.05, 0.1) is 18.8 Å². The Balaban J connectivity index is 1.41. The maximum atomic E-state index is 12.8. The Morgan fingerprint density at radius 3 is 2.62 bits per heavy atom. The zero-order valence-electron chi connectivity index (χ0n) is 13.2. The molecule has 2 aromatic heterocycles. The van der Waals surface area contributed by atoms with Gasteiger partial charge in [0.1, 0.15) is 6.10 Å². The number of carbonyl (C=O) groups is 1. The monoisotopic (exact) mass is 330 g/mol. The lowest BCUT2D eigenvalue weighted by molar-refractivity contribution is -0.121. The molecule has 1 aliphatic rings. The molecule has 1 amide bonds. The SMILES string of the molecule is O=C(Cc1cccnc1)NC1CCC(Oc2ncc(F)cn2)CC1. The van der Waals surface area contributed by atoms with Crippen LogP contribution in [0.2, 0.25) is 0 Å². The van der Waals surface area contributed by atoms with Crippen LogP contribution in [0.3, 0.4) is 0 Å². The number of aromatic nitrogens is 3. The Morgan fingerprint density at radius 2 is 1.96 bits per heavy atom. The van der Waals surface area contributed by atoms with E-state index in [0.29, 0.717) is 6.42 Å². The van der Waals surface area contributed by atoms with Crippen LogP contribution >= 0.6 is 0 Å². The molecule has 0 radical (unpaired) electrons. The van der Waals surface area contributed by atoms with Crippen molar-refractivity contribution in [3.05, 3.63) is 48.3 Å². The third kappa shape index (κ3) is 4.71. The van der Waals surface area contributed by atoms with Crippen LogP contribution in [-0.4, -0.2) is 33.0 Å². The van der Waals surface area contributed by atoms with Crippen molar-refractivity contribution in [1.82, 2.24) is 20.3 Å². The number of hydrogen-bond donors (Lipinski definition) is 1. The highest BCUT2D eigenvalue weighted by atomic mass is 19.1. The average Bonchev–Trinajstić information content (AvgIpc) is 2.59. The molecule has 2 aromatic rings. The average molecular weight is 330 g/mol. The van der Waals surface area contributed by atoms with Crippen molar-refractivity contribution in [1.29, 1.82) is 0 Å². The van der Waals surface area contributed by atoms with Crippen molar-refractivity contribution in [2.45, 2.75) is 44.2 Å². The van der Waals surface area contributed by atoms with Crippen LogP contribution in [0, 0.1) is 5.82 Å². The van der Waals surface area contributed by atoms with Crippen molar-refractivity contribution in [2.75, 3.05) is 0 Å². The standard InChI is InChI=1S/C17H19FN4O2/c18-13-10-20-17(21-11-13)24-15-5-3-14(4-6-15)22-16(23)8-12-2-1-7-19-9-12/h1-2,7,9-11,14-15H,3-6,8H2,(H,22,23). The number of rotatable bonds is 5. The van der Waals surface area contributed by atoms with Crippen molar-refractivity contribution < 1.29 is 13.9 Å². The summed E-state index contributed by atoms with van der Waals surface area (Å²) in [7, 11) is 0. The van der Waals surface area contributed by atoms with E-state index in [9.17, 15) is 9.18 Å². The number of amides is 1. The fourth-order valence-electron chi connectivity index (χ4n) is 2.80. The second-order valence-electron chi connectivity index (χ2n) is 5.88. The molecule has 0 aliphatic heterocycles. The number of ether oxygens (including phenoxy) is 1. The van der Waals surface area contributed by atoms with E-state index in [1.54, 1.807) is 12.4 Å². The number of carbonyl (C=O) groups excluding carboxylic acids is 1. The summed E-state index contributed by atoms with van der Waals surface area (Å²) in [5.74, 6) is -0.475. The van der Waals surface area contributed by atoms with Crippen molar-refractivity contribution in [3.63, 3.8) is 0 Å². The molecular weight excluding hydrogens is 311 g/mol. The maximum absolute atomic E-state index is 12.8. The molecule has 0 bridgehead atoms. The molecule has 0 spiro atoms. The van der Waals surface area contributed by atoms with Gasteiger partial charge < -0.3 is 10.1 Å². The molecule has 1 fully saturated rings. The minimum absolute atomic E-state index is 0.00179. The molecule has 1 saturated carbocycles. The minimum Gasteiger partial charge on any atom is -0.460 e. The molecule has 24 heavy (non-hydrogen) atoms. The lowest BCUT2D eigenvalue weighted by Gasteiger charge is -2.28. The van der Waals surface area contributed by atoms with E-state index in [0.717, 1.165) is 43.6 Å². The zero-order valence-corrected chi connectivity index (χ0v) is 13.2. The van der Waals surface area contributed by atoms with Crippen LogP contribution in [0.25, 0.3) is 0 Å². The molecule has 2 heterocycles. The summed E-state index contributed by atoms with van der Waals surface area (Å²) < 4.78 is 18.4. The summed E-state index contributed by atoms with van der Waals surface area (Å²) in [6, 6.07) is 4.06. The van der Waals surface area contributed by atoms with Crippen LogP contribution in [0.15, 0.2) is 36.9 Å². The molecule has 0 unspecified atom stereocenters. The van der Waals surface area contributed by atoms with Crippen molar-refractivity contribution in [3.8, 4) is 6.01 Å². The first-order valence-electron chi connectivity index (χ1n) is 8.01. The fourth-order valence-corrected chi connectivity index (χ4v) is 2.80. The van der Waals surface area contributed by atoms with Gasteiger partial charge >= 0.3 is 6.01 Å². The summed E-state index contributed by atoms with van der Waals surface area (Å²) in [5, 5.41) is 3.06. The Hall–Kier alpha value is -2.57. The second kappa shape index (κ2) is 7.81. The van der Waals surface area contributed by atoms with E-state index in [4.69, 9.17) is 4.74 Å². The lowest BCUT2D eigenvalue weighted by Crippen LogP contribution is -2.40. The fraction of sp³-hybridized carbons (Fsp3) is 0.412. The lowest BCUT2D eigenvalue weighted by atomic mass is 9.93. The quantitative estimate of drug-likeness (QED) is 0.908. The predicted molar refractivity (Wildman–Crippen MR) is 84.7 cm³/mol. The molecule has 6 nitrogen and oxygen atoms in total. The molecule has 0 saturated heterocycles. The summed E-state index contributed by atoms with van der Waals surface area (Å²) in [5.41, 5.74) is 0.903. The summed E-state index contributed by atoms with van der Waals surface area (Å²) in [6.45, 7) is 0. The van der Waals surface area contributed by atoms with Gasteiger partial charge in [-0.15, -0.1) is 0 Å². The van der Waals surface area contributed by atoms with Crippen LogP contribution in [0.4, 0.5) is 4.39 Å². The topological polar surface area (TPSA) is 77.0 Å². The number of nitrogens with one attached hydrogen (secondary N) is 1. The van der Waals surface area contributed by atoms with Crippen LogP contribution in [-0.2, 0) is 11.2 Å². The Bertz CT molecular complexity index is 658. The van der Waals surface area contributed by atoms with Gasteiger partial charge in [-0.25, -0.2) is 14.4 Å². The number of nitrogens with zero attached hydrogens (tertiary/aromatic N) is 3. The highest BCUT2D eigenvalue weighted by molar-refractivity contribution is 5.78. The number of hydrogen-bond acceptors (Lipinski definition) is 5. The van der Waals surface area contributed by atoms with Crippen LogP contribution < -0.4 is 10.1 Å². The molecule has 126 valence electrons. The molecule has 1 aliphatic carbocycles. The maximum Gasteiger partial charge on any atom is 0.316 e. The third-order valence-electron chi connectivity index (χ3n) is 4.00. The molecule has 1 N–H and O–H groups in total. The summed E-state index contributed by atoms with van der Waals surface area (Å²) in [6.07, 6.45) is 9.20. The molecular formula is C17H19FN4O2. The van der Waals surface area contributed by atoms with Crippen LogP contribution in [0.5, 0.6) is 6.01 Å². The minimum atomic E-state index is -0.484. The first kappa shape index (κ1) is 16.3. The second-order valence-corrected chi connectivity index (χ2v) is 5.88. The van der Waals surface area contributed by atoms with Gasteiger partial charge in [0.15, 0.2) is 5.82 Å². The summed E-state index contributed by atoms with van der Waals surface area (Å²) in [4.78, 5) is 23.7. The van der Waals surface area contributed by atoms with E-state index in [1.165, 1.54) is 0 Å². The normalized spacial score (nSPS) is 20.4. The zero-order chi connectivity index (χ0) is 16.8. The number of pyridine rings is 1. The first-order valence-corrected chi connectivity index (χ1v) is 8.01. The van der Waals surface area contributed by atoms with Gasteiger partial charge in [-0.1, -0.05) is 6.07 Å². The van der Waals surface area contributed by atoms with Gasteiger partial charge in [0.25, 0.3) is 0 Å². The molecule has 0 aromatic carbocycles. The highest BCUT2D eigenvalue weighted by Gasteiger charge is 2.24. The molecule has 7 heteroatoms. The van der Waals surface area contributed by atoms with Crippen molar-refractivity contribution >= 4 is 5.91 Å². The molecule has 3 rings (SSSR count). The van der Waals surface area contributed by atoms with E-state index >= 15 is 0 Å². The Morgan fingerprint density at radius 1 is 1.21 bits per heavy atom. The predicted octanol–water partition coefficient (Wildman–Crippen LogP) is 2.06. The smallest absolute Gasteiger partial charge is 0.316 e. The van der Waals surface area contributed by atoms with Gasteiger partial charge in [-0.3, -0.25) is 9.78 Å². The number of halogens is 1. The Labute approximate surface area is 139 Å². The van der Waals surface area contributed by atoms with Gasteiger partial charge in [0, 0.05) is 18.4 Å². The largest absolute Gasteiger partial charge is 0.460 e. The van der Waals surface area contributed by atoms with E-state index in [2.05, 4.69) is 20.3 Å². The van der Waals surface area contributed by atoms with Crippen LogP contribution in [0.1, 0.15) is 31.2 Å². The van der Waals surface area contributed by atoms with E-state index < -0.39 is 5.82 Å². The van der Waals surface area contributed by atoms with E-state index in [1.807, 2.05) is 12.1 Å². The van der Waals surface area contributed by atoms with E-state index in [-0.39, 0.29) is 24.1 Å². The third-order valence-corrected chi connectivity index (χ3v) is 4.00. The Kier molecular flexibility index (Phi) is 5.30. The summed E-state index contributed by atoms with van der Waals surface area (Å²) >= 11 is 0. The van der Waals surface area contributed by atoms with Crippen molar-refractivity contribution in [2.24, 2.45) is 0 Å². The first-order chi connectivity index (χ1) is 11.7. The highest BCUT2D eigenvalue weighted by Crippen LogP contribution is 2.22. The van der Waals surface area contributed by atoms with Gasteiger partial charge in [0.2, 0.25) is 5.91 Å².